The Morgan fingerprint density at radius 1 is 0.951 bits per heavy atom. The van der Waals surface area contributed by atoms with Crippen molar-refractivity contribution in [2.45, 2.75) is 6.92 Å². The Hall–Kier alpha value is -4.89. The highest BCUT2D eigenvalue weighted by Crippen LogP contribution is 2.42. The van der Waals surface area contributed by atoms with Crippen molar-refractivity contribution in [1.29, 1.82) is 0 Å². The summed E-state index contributed by atoms with van der Waals surface area (Å²) in [5, 5.41) is 4.35. The normalized spacial score (nSPS) is 11.7. The molecule has 6 aromatic rings. The van der Waals surface area contributed by atoms with Crippen LogP contribution < -0.4 is 9.62 Å². The van der Waals surface area contributed by atoms with Gasteiger partial charge in [-0.2, -0.15) is 0 Å². The van der Waals surface area contributed by atoms with Crippen LogP contribution in [0.15, 0.2) is 95.8 Å². The van der Waals surface area contributed by atoms with Gasteiger partial charge < -0.3 is 14.3 Å². The summed E-state index contributed by atoms with van der Waals surface area (Å²) in [6.45, 7) is 1.99. The minimum absolute atomic E-state index is 0.295. The van der Waals surface area contributed by atoms with Gasteiger partial charge in [0.25, 0.3) is 5.91 Å². The van der Waals surface area contributed by atoms with Crippen molar-refractivity contribution < 1.29 is 17.6 Å². The first-order valence-corrected chi connectivity index (χ1v) is 14.9. The number of amides is 1. The second-order valence-corrected chi connectivity index (χ2v) is 12.0. The molecule has 41 heavy (non-hydrogen) atoms. The average molecular weight is 565 g/mol. The second kappa shape index (κ2) is 9.94. The zero-order valence-corrected chi connectivity index (χ0v) is 23.9. The number of hydrogen-bond donors (Lipinski definition) is 1. The van der Waals surface area contributed by atoms with Crippen molar-refractivity contribution in [3.63, 3.8) is 0 Å². The van der Waals surface area contributed by atoms with Gasteiger partial charge in [0.2, 0.25) is 10.0 Å². The predicted molar refractivity (Wildman–Crippen MR) is 163 cm³/mol. The molecule has 6 rings (SSSR count). The Morgan fingerprint density at radius 2 is 1.66 bits per heavy atom. The van der Waals surface area contributed by atoms with E-state index in [1.165, 1.54) is 11.4 Å². The molecule has 0 saturated heterocycles. The van der Waals surface area contributed by atoms with E-state index in [4.69, 9.17) is 4.42 Å². The molecule has 8 nitrogen and oxygen atoms in total. The number of aromatic nitrogens is 2. The number of sulfonamides is 1. The largest absolute Gasteiger partial charge is 0.455 e. The summed E-state index contributed by atoms with van der Waals surface area (Å²) in [6.07, 6.45) is 6.63. The highest BCUT2D eigenvalue weighted by Gasteiger charge is 2.26. The summed E-state index contributed by atoms with van der Waals surface area (Å²) in [5.41, 5.74) is 6.41. The molecule has 206 valence electrons. The molecule has 0 bridgehead atoms. The van der Waals surface area contributed by atoms with Gasteiger partial charge in [-0.3, -0.25) is 14.1 Å². The monoisotopic (exact) mass is 564 g/mol. The van der Waals surface area contributed by atoms with Crippen LogP contribution >= 0.6 is 0 Å². The number of fused-ring (bicyclic) bond motifs is 2. The summed E-state index contributed by atoms with van der Waals surface area (Å²) < 4.78 is 35.1. The molecule has 1 N–H and O–H groups in total. The van der Waals surface area contributed by atoms with Crippen LogP contribution in [0.25, 0.3) is 50.0 Å². The van der Waals surface area contributed by atoms with Crippen LogP contribution in [0.1, 0.15) is 15.9 Å². The number of aryl methyl sites for hydroxylation is 1. The molecular weight excluding hydrogens is 536 g/mol. The van der Waals surface area contributed by atoms with Crippen molar-refractivity contribution in [3.05, 3.63) is 103 Å². The Morgan fingerprint density at radius 3 is 2.34 bits per heavy atom. The molecule has 0 aliphatic heterocycles. The fraction of sp³-hybridized carbons (Fsp3) is 0.125. The van der Waals surface area contributed by atoms with Crippen molar-refractivity contribution >= 4 is 43.5 Å². The lowest BCUT2D eigenvalue weighted by atomic mass is 9.97. The smallest absolute Gasteiger partial charge is 0.255 e. The van der Waals surface area contributed by atoms with Crippen LogP contribution in [0.2, 0.25) is 0 Å². The lowest BCUT2D eigenvalue weighted by molar-refractivity contribution is 0.0964. The fourth-order valence-electron chi connectivity index (χ4n) is 5.09. The number of pyridine rings is 1. The van der Waals surface area contributed by atoms with Crippen molar-refractivity contribution in [2.75, 3.05) is 24.7 Å². The SMILES string of the molecule is CNC(=O)c1c(-c2ccc(C)cc2)oc2cc(N(C)S(C)(=O)=O)c(-c3ccc4ccn(-c5ccncc5)c4c3)cc12. The standard InChI is InChI=1S/C32H28N4O4S/c1-20-5-7-22(8-6-20)31-30(32(37)33-2)26-18-25(28(19-29(26)40-31)35(3)41(4,38)39)23-10-9-21-13-16-36(27(21)17-23)24-11-14-34-15-12-24/h5-19H,1-4H3,(H,33,37). The van der Waals surface area contributed by atoms with Crippen LogP contribution in [0.3, 0.4) is 0 Å². The number of carbonyl (C=O) groups is 1. The van der Waals surface area contributed by atoms with Crippen molar-refractivity contribution in [2.24, 2.45) is 0 Å². The van der Waals surface area contributed by atoms with E-state index < -0.39 is 10.0 Å². The molecule has 3 aromatic heterocycles. The molecule has 0 fully saturated rings. The second-order valence-electron chi connectivity index (χ2n) is 10.0. The topological polar surface area (TPSA) is 97.4 Å². The molecule has 0 radical (unpaired) electrons. The van der Waals surface area contributed by atoms with E-state index in [1.807, 2.05) is 79.9 Å². The lowest BCUT2D eigenvalue weighted by Gasteiger charge is -2.21. The maximum atomic E-state index is 13.2. The Bertz CT molecular complexity index is 2040. The highest BCUT2D eigenvalue weighted by molar-refractivity contribution is 7.92. The summed E-state index contributed by atoms with van der Waals surface area (Å²) in [7, 11) is -0.526. The van der Waals surface area contributed by atoms with E-state index in [0.717, 1.165) is 39.5 Å². The minimum Gasteiger partial charge on any atom is -0.455 e. The fourth-order valence-corrected chi connectivity index (χ4v) is 5.60. The van der Waals surface area contributed by atoms with Gasteiger partial charge in [-0.1, -0.05) is 42.0 Å². The maximum absolute atomic E-state index is 13.2. The van der Waals surface area contributed by atoms with Gasteiger partial charge in [-0.05, 0) is 48.2 Å². The van der Waals surface area contributed by atoms with Crippen molar-refractivity contribution in [1.82, 2.24) is 14.9 Å². The molecular formula is C32H28N4O4S. The minimum atomic E-state index is -3.62. The van der Waals surface area contributed by atoms with Gasteiger partial charge in [0.05, 0.1) is 23.0 Å². The molecule has 0 aliphatic rings. The quantitative estimate of drug-likeness (QED) is 0.261. The molecule has 9 heteroatoms. The van der Waals surface area contributed by atoms with Crippen LogP contribution in [-0.2, 0) is 10.0 Å². The van der Waals surface area contributed by atoms with Crippen molar-refractivity contribution in [3.8, 4) is 28.1 Å². The van der Waals surface area contributed by atoms with Gasteiger partial charge in [0, 0.05) is 61.0 Å². The number of carbonyl (C=O) groups excluding carboxylic acids is 1. The molecule has 3 heterocycles. The third-order valence-electron chi connectivity index (χ3n) is 7.36. The van der Waals surface area contributed by atoms with Crippen LogP contribution in [-0.4, -0.2) is 44.2 Å². The zero-order chi connectivity index (χ0) is 28.9. The lowest BCUT2D eigenvalue weighted by Crippen LogP contribution is -2.25. The number of nitrogens with zero attached hydrogens (tertiary/aromatic N) is 3. The van der Waals surface area contributed by atoms with E-state index in [0.29, 0.717) is 33.5 Å². The van der Waals surface area contributed by atoms with E-state index >= 15 is 0 Å². The molecule has 0 atom stereocenters. The third-order valence-corrected chi connectivity index (χ3v) is 8.55. The first kappa shape index (κ1) is 26.3. The zero-order valence-electron chi connectivity index (χ0n) is 23.0. The van der Waals surface area contributed by atoms with Gasteiger partial charge in [-0.15, -0.1) is 0 Å². The first-order valence-electron chi connectivity index (χ1n) is 13.0. The van der Waals surface area contributed by atoms with Gasteiger partial charge in [0.15, 0.2) is 0 Å². The Kier molecular flexibility index (Phi) is 6.38. The number of benzene rings is 3. The van der Waals surface area contributed by atoms with Gasteiger partial charge in [0.1, 0.15) is 11.3 Å². The number of hydrogen-bond acceptors (Lipinski definition) is 5. The molecule has 1 amide bonds. The molecule has 0 saturated carbocycles. The molecule has 0 aliphatic carbocycles. The number of rotatable bonds is 6. The summed E-state index contributed by atoms with van der Waals surface area (Å²) in [5.74, 6) is 0.128. The molecule has 3 aromatic carbocycles. The first-order chi connectivity index (χ1) is 19.7. The Balaban J connectivity index is 1.64. The molecule has 0 unspecified atom stereocenters. The van der Waals surface area contributed by atoms with E-state index in [1.54, 1.807) is 25.5 Å². The number of anilines is 1. The summed E-state index contributed by atoms with van der Waals surface area (Å²) in [6, 6.07) is 23.1. The average Bonchev–Trinajstić information content (AvgIpc) is 3.57. The third kappa shape index (κ3) is 4.64. The van der Waals surface area contributed by atoms with E-state index in [9.17, 15) is 13.2 Å². The van der Waals surface area contributed by atoms with Crippen LogP contribution in [0.5, 0.6) is 0 Å². The van der Waals surface area contributed by atoms with Gasteiger partial charge in [-0.25, -0.2) is 8.42 Å². The van der Waals surface area contributed by atoms with Crippen LogP contribution in [0, 0.1) is 6.92 Å². The van der Waals surface area contributed by atoms with Gasteiger partial charge >= 0.3 is 0 Å². The predicted octanol–water partition coefficient (Wildman–Crippen LogP) is 6.17. The number of nitrogens with one attached hydrogen (secondary N) is 1. The Labute approximate surface area is 237 Å². The van der Waals surface area contributed by atoms with E-state index in [2.05, 4.69) is 14.9 Å². The summed E-state index contributed by atoms with van der Waals surface area (Å²) >= 11 is 0. The van der Waals surface area contributed by atoms with E-state index in [-0.39, 0.29) is 5.91 Å². The highest BCUT2D eigenvalue weighted by atomic mass is 32.2. The maximum Gasteiger partial charge on any atom is 0.255 e. The van der Waals surface area contributed by atoms with Crippen LogP contribution in [0.4, 0.5) is 5.69 Å². The number of furan rings is 1. The molecule has 0 spiro atoms. The summed E-state index contributed by atoms with van der Waals surface area (Å²) in [4.78, 5) is 17.4.